The number of nitrogens with two attached hydrogens (primary N) is 1. The topological polar surface area (TPSA) is 52.0 Å². The zero-order valence-corrected chi connectivity index (χ0v) is 10.5. The number of nitrogens with zero attached hydrogens (tertiary/aromatic N) is 1. The van der Waals surface area contributed by atoms with Crippen molar-refractivity contribution in [1.29, 1.82) is 0 Å². The molecule has 2 atom stereocenters. The second kappa shape index (κ2) is 4.81. The van der Waals surface area contributed by atoms with Crippen LogP contribution in [-0.2, 0) is 12.8 Å². The van der Waals surface area contributed by atoms with Gasteiger partial charge < -0.3 is 10.2 Å². The van der Waals surface area contributed by atoms with Crippen molar-refractivity contribution < 1.29 is 4.42 Å². The third-order valence-corrected chi connectivity index (χ3v) is 4.25. The van der Waals surface area contributed by atoms with Crippen molar-refractivity contribution in [1.82, 2.24) is 4.98 Å². The molecule has 0 bridgehead atoms. The maximum atomic E-state index is 6.20. The zero-order valence-electron chi connectivity index (χ0n) is 10.5. The zero-order chi connectivity index (χ0) is 11.7. The Hall–Kier alpha value is -0.830. The molecule has 2 aliphatic carbocycles. The minimum Gasteiger partial charge on any atom is -0.445 e. The van der Waals surface area contributed by atoms with Gasteiger partial charge in [0, 0.05) is 12.5 Å². The predicted octanol–water partition coefficient (Wildman–Crippen LogP) is 2.93. The van der Waals surface area contributed by atoms with E-state index in [1.165, 1.54) is 37.8 Å². The van der Waals surface area contributed by atoms with Crippen LogP contribution in [0.25, 0.3) is 0 Å². The van der Waals surface area contributed by atoms with Gasteiger partial charge in [0.2, 0.25) is 0 Å². The summed E-state index contributed by atoms with van der Waals surface area (Å²) < 4.78 is 6.00. The second-order valence-electron chi connectivity index (χ2n) is 5.54. The summed E-state index contributed by atoms with van der Waals surface area (Å²) in [6.45, 7) is 0. The van der Waals surface area contributed by atoms with Crippen LogP contribution in [0.4, 0.5) is 0 Å². The van der Waals surface area contributed by atoms with Crippen LogP contribution in [0.1, 0.15) is 68.2 Å². The van der Waals surface area contributed by atoms with Gasteiger partial charge in [0.1, 0.15) is 5.76 Å². The molecule has 3 nitrogen and oxygen atoms in total. The second-order valence-corrected chi connectivity index (χ2v) is 5.54. The van der Waals surface area contributed by atoms with Crippen molar-refractivity contribution in [2.24, 2.45) is 5.73 Å². The van der Waals surface area contributed by atoms with E-state index in [1.807, 2.05) is 0 Å². The molecule has 0 spiro atoms. The lowest BCUT2D eigenvalue weighted by Crippen LogP contribution is -2.31. The smallest absolute Gasteiger partial charge is 0.199 e. The van der Waals surface area contributed by atoms with Gasteiger partial charge >= 0.3 is 0 Å². The fourth-order valence-corrected chi connectivity index (χ4v) is 3.17. The van der Waals surface area contributed by atoms with Gasteiger partial charge in [-0.25, -0.2) is 4.98 Å². The van der Waals surface area contributed by atoms with Gasteiger partial charge in [-0.3, -0.25) is 0 Å². The Bertz CT molecular complexity index is 362. The summed E-state index contributed by atoms with van der Waals surface area (Å²) in [6.07, 6.45) is 10.8. The van der Waals surface area contributed by atoms with E-state index in [0.717, 1.165) is 37.3 Å². The lowest BCUT2D eigenvalue weighted by atomic mass is 9.85. The van der Waals surface area contributed by atoms with E-state index in [9.17, 15) is 0 Å². The van der Waals surface area contributed by atoms with E-state index in [2.05, 4.69) is 0 Å². The highest BCUT2D eigenvalue weighted by Gasteiger charge is 2.29. The summed E-state index contributed by atoms with van der Waals surface area (Å²) in [5, 5.41) is 0. The number of hydrogen-bond acceptors (Lipinski definition) is 3. The van der Waals surface area contributed by atoms with Gasteiger partial charge in [-0.2, -0.15) is 0 Å². The van der Waals surface area contributed by atoms with Crippen LogP contribution in [0.15, 0.2) is 4.42 Å². The Kier molecular flexibility index (Phi) is 3.19. The summed E-state index contributed by atoms with van der Waals surface area (Å²) in [4.78, 5) is 4.74. The Morgan fingerprint density at radius 3 is 2.71 bits per heavy atom. The van der Waals surface area contributed by atoms with E-state index in [0.29, 0.717) is 5.92 Å². The van der Waals surface area contributed by atoms with Crippen molar-refractivity contribution in [3.05, 3.63) is 17.3 Å². The van der Waals surface area contributed by atoms with E-state index in [-0.39, 0.29) is 6.04 Å². The molecule has 17 heavy (non-hydrogen) atoms. The van der Waals surface area contributed by atoms with Crippen molar-refractivity contribution in [3.63, 3.8) is 0 Å². The summed E-state index contributed by atoms with van der Waals surface area (Å²) in [5.41, 5.74) is 7.42. The molecule has 0 saturated heterocycles. The molecule has 3 heteroatoms. The van der Waals surface area contributed by atoms with Crippen LogP contribution in [0.2, 0.25) is 0 Å². The highest BCUT2D eigenvalue weighted by Crippen LogP contribution is 2.33. The van der Waals surface area contributed by atoms with Crippen molar-refractivity contribution in [2.75, 3.05) is 0 Å². The summed E-state index contributed by atoms with van der Waals surface area (Å²) in [5.74, 6) is 2.45. The molecule has 2 unspecified atom stereocenters. The molecule has 3 rings (SSSR count). The van der Waals surface area contributed by atoms with Gasteiger partial charge in [-0.15, -0.1) is 0 Å². The molecule has 1 aromatic rings. The molecule has 0 radical (unpaired) electrons. The number of aromatic nitrogens is 1. The maximum Gasteiger partial charge on any atom is 0.199 e. The SMILES string of the molecule is NC1CCCCC1c1nc2c(o1)CCCCC2. The monoisotopic (exact) mass is 234 g/mol. The lowest BCUT2D eigenvalue weighted by molar-refractivity contribution is 0.317. The molecule has 0 amide bonds. The molecule has 1 aromatic heterocycles. The Labute approximate surface area is 103 Å². The molecule has 1 heterocycles. The number of rotatable bonds is 1. The molecule has 1 saturated carbocycles. The third-order valence-electron chi connectivity index (χ3n) is 4.25. The van der Waals surface area contributed by atoms with Crippen molar-refractivity contribution >= 4 is 0 Å². The number of hydrogen-bond donors (Lipinski definition) is 1. The molecular formula is C14H22N2O. The normalized spacial score (nSPS) is 29.7. The van der Waals surface area contributed by atoms with Crippen LogP contribution in [0.3, 0.4) is 0 Å². The van der Waals surface area contributed by atoms with E-state index < -0.39 is 0 Å². The average Bonchev–Trinajstić information content (AvgIpc) is 2.61. The minimum atomic E-state index is 0.256. The Morgan fingerprint density at radius 2 is 1.82 bits per heavy atom. The third kappa shape index (κ3) is 2.25. The fraction of sp³-hybridized carbons (Fsp3) is 0.786. The van der Waals surface area contributed by atoms with Crippen LogP contribution in [0, 0.1) is 0 Å². The first-order valence-corrected chi connectivity index (χ1v) is 7.08. The maximum absolute atomic E-state index is 6.20. The van der Waals surface area contributed by atoms with Gasteiger partial charge in [-0.05, 0) is 32.1 Å². The summed E-state index contributed by atoms with van der Waals surface area (Å²) in [7, 11) is 0. The summed E-state index contributed by atoms with van der Waals surface area (Å²) in [6, 6.07) is 0.256. The number of fused-ring (bicyclic) bond motifs is 1. The van der Waals surface area contributed by atoms with Gasteiger partial charge in [0.25, 0.3) is 0 Å². The largest absolute Gasteiger partial charge is 0.445 e. The molecular weight excluding hydrogens is 212 g/mol. The first kappa shape index (κ1) is 11.3. The van der Waals surface area contributed by atoms with Crippen LogP contribution in [0.5, 0.6) is 0 Å². The van der Waals surface area contributed by atoms with Gasteiger partial charge in [-0.1, -0.05) is 19.3 Å². The fourth-order valence-electron chi connectivity index (χ4n) is 3.17. The molecule has 0 aromatic carbocycles. The van der Waals surface area contributed by atoms with E-state index >= 15 is 0 Å². The van der Waals surface area contributed by atoms with Crippen molar-refractivity contribution in [3.8, 4) is 0 Å². The Balaban J connectivity index is 1.83. The lowest BCUT2D eigenvalue weighted by Gasteiger charge is -2.25. The number of aryl methyl sites for hydroxylation is 2. The van der Waals surface area contributed by atoms with Gasteiger partial charge in [0.15, 0.2) is 5.89 Å². The summed E-state index contributed by atoms with van der Waals surface area (Å²) >= 11 is 0. The van der Waals surface area contributed by atoms with E-state index in [1.54, 1.807) is 0 Å². The Morgan fingerprint density at radius 1 is 1.00 bits per heavy atom. The quantitative estimate of drug-likeness (QED) is 0.760. The van der Waals surface area contributed by atoms with Gasteiger partial charge in [0.05, 0.1) is 11.6 Å². The minimum absolute atomic E-state index is 0.256. The highest BCUT2D eigenvalue weighted by molar-refractivity contribution is 5.15. The first-order valence-electron chi connectivity index (χ1n) is 7.08. The van der Waals surface area contributed by atoms with Crippen LogP contribution < -0.4 is 5.73 Å². The molecule has 0 aliphatic heterocycles. The average molecular weight is 234 g/mol. The van der Waals surface area contributed by atoms with Crippen LogP contribution >= 0.6 is 0 Å². The molecule has 1 fully saturated rings. The van der Waals surface area contributed by atoms with Crippen LogP contribution in [-0.4, -0.2) is 11.0 Å². The predicted molar refractivity (Wildman–Crippen MR) is 66.9 cm³/mol. The molecule has 2 N–H and O–H groups in total. The van der Waals surface area contributed by atoms with E-state index in [4.69, 9.17) is 15.1 Å². The standard InChI is InChI=1S/C14H22N2O/c15-11-7-5-4-6-10(11)14-16-12-8-2-1-3-9-13(12)17-14/h10-11H,1-9,15H2. The molecule has 2 aliphatic rings. The molecule has 94 valence electrons. The van der Waals surface area contributed by atoms with Crippen molar-refractivity contribution in [2.45, 2.75) is 69.7 Å². The highest BCUT2D eigenvalue weighted by atomic mass is 16.4. The first-order chi connectivity index (χ1) is 8.34. The number of oxazole rings is 1.